The molecule has 1 amide bonds. The largest absolute Gasteiger partial charge is 0.317 e. The Hall–Kier alpha value is -1.56. The number of hydrogen-bond donors (Lipinski definition) is 2. The second kappa shape index (κ2) is 6.47. The highest BCUT2D eigenvalue weighted by Gasteiger charge is 2.38. The molecule has 2 unspecified atom stereocenters. The van der Waals surface area contributed by atoms with Crippen LogP contribution in [-0.4, -0.2) is 26.6 Å². The van der Waals surface area contributed by atoms with Gasteiger partial charge < -0.3 is 5.73 Å². The zero-order valence-electron chi connectivity index (χ0n) is 13.1. The number of nitrogens with zero attached hydrogens (tertiary/aromatic N) is 3. The first-order valence-corrected chi connectivity index (χ1v) is 7.81. The van der Waals surface area contributed by atoms with Gasteiger partial charge in [-0.2, -0.15) is 0 Å². The molecular formula is C15H25N5O. The minimum Gasteiger partial charge on any atom is -0.317 e. The molecule has 0 aromatic carbocycles. The number of carbonyl (C=O) groups excluding carboxylic acids is 1. The fourth-order valence-electron chi connectivity index (χ4n) is 3.02. The first-order valence-electron chi connectivity index (χ1n) is 7.81. The van der Waals surface area contributed by atoms with Crippen molar-refractivity contribution in [3.05, 3.63) is 11.4 Å². The zero-order valence-corrected chi connectivity index (χ0v) is 13.1. The summed E-state index contributed by atoms with van der Waals surface area (Å²) in [5, 5.41) is 10.9. The topological polar surface area (TPSA) is 93.8 Å². The normalized spacial score (nSPS) is 25.6. The molecule has 0 spiro atoms. The van der Waals surface area contributed by atoms with Crippen molar-refractivity contribution in [3.63, 3.8) is 0 Å². The van der Waals surface area contributed by atoms with Crippen LogP contribution in [0.15, 0.2) is 0 Å². The van der Waals surface area contributed by atoms with Gasteiger partial charge in [-0.3, -0.25) is 10.1 Å². The van der Waals surface area contributed by atoms with E-state index in [1.54, 1.807) is 0 Å². The Bertz CT molecular complexity index is 519. The summed E-state index contributed by atoms with van der Waals surface area (Å²) in [5.41, 5.74) is 7.23. The first kappa shape index (κ1) is 15.8. The van der Waals surface area contributed by atoms with Crippen LogP contribution in [0.4, 0.5) is 5.95 Å². The summed E-state index contributed by atoms with van der Waals surface area (Å²) in [4.78, 5) is 16.8. The number of carbonyl (C=O) groups is 1. The maximum atomic E-state index is 12.4. The highest BCUT2D eigenvalue weighted by atomic mass is 16.2. The van der Waals surface area contributed by atoms with Gasteiger partial charge in [0, 0.05) is 0 Å². The third-order valence-electron chi connectivity index (χ3n) is 4.22. The predicted molar refractivity (Wildman–Crippen MR) is 81.8 cm³/mol. The van der Waals surface area contributed by atoms with Crippen molar-refractivity contribution < 1.29 is 4.79 Å². The molecule has 1 aliphatic carbocycles. The molecule has 116 valence electrons. The van der Waals surface area contributed by atoms with Gasteiger partial charge >= 0.3 is 0 Å². The Labute approximate surface area is 125 Å². The standard InChI is InChI=1S/C15H25N5O/c1-4-11-12(5-2)19-20-14(17-11)18-13(21)15(16)8-6-7-10(3)9-15/h10H,4-9,16H2,1-3H3,(H,17,18,20,21). The van der Waals surface area contributed by atoms with Gasteiger partial charge in [0.15, 0.2) is 0 Å². The second-order valence-corrected chi connectivity index (χ2v) is 6.05. The van der Waals surface area contributed by atoms with Crippen LogP contribution in [0.1, 0.15) is 57.8 Å². The SMILES string of the molecule is CCc1nnc(NC(=O)C2(N)CCCC(C)C2)nc1CC. The van der Waals surface area contributed by atoms with E-state index in [-0.39, 0.29) is 11.9 Å². The Kier molecular flexibility index (Phi) is 4.88. The minimum atomic E-state index is -0.809. The Balaban J connectivity index is 2.12. The van der Waals surface area contributed by atoms with Gasteiger partial charge in [0.05, 0.1) is 16.9 Å². The molecule has 1 aromatic rings. The summed E-state index contributed by atoms with van der Waals surface area (Å²) in [6.45, 7) is 6.17. The summed E-state index contributed by atoms with van der Waals surface area (Å²) in [5.74, 6) is 0.543. The molecule has 0 saturated heterocycles. The van der Waals surface area contributed by atoms with E-state index in [0.717, 1.165) is 37.1 Å². The number of anilines is 1. The number of aryl methyl sites for hydroxylation is 2. The molecule has 1 aliphatic rings. The van der Waals surface area contributed by atoms with Gasteiger partial charge in [0.25, 0.3) is 0 Å². The maximum Gasteiger partial charge on any atom is 0.249 e. The van der Waals surface area contributed by atoms with Crippen molar-refractivity contribution in [1.29, 1.82) is 0 Å². The van der Waals surface area contributed by atoms with Gasteiger partial charge in [0.2, 0.25) is 11.9 Å². The molecule has 21 heavy (non-hydrogen) atoms. The van der Waals surface area contributed by atoms with E-state index in [1.165, 1.54) is 0 Å². The van der Waals surface area contributed by atoms with Crippen LogP contribution in [0.25, 0.3) is 0 Å². The summed E-state index contributed by atoms with van der Waals surface area (Å²) in [6.07, 6.45) is 5.10. The van der Waals surface area contributed by atoms with E-state index in [0.29, 0.717) is 18.8 Å². The molecule has 6 nitrogen and oxygen atoms in total. The molecule has 1 saturated carbocycles. The third kappa shape index (κ3) is 3.56. The predicted octanol–water partition coefficient (Wildman–Crippen LogP) is 1.84. The molecule has 6 heteroatoms. The lowest BCUT2D eigenvalue weighted by molar-refractivity contribution is -0.122. The molecule has 1 heterocycles. The number of hydrogen-bond acceptors (Lipinski definition) is 5. The summed E-state index contributed by atoms with van der Waals surface area (Å²) in [6, 6.07) is 0. The van der Waals surface area contributed by atoms with Gasteiger partial charge in [0.1, 0.15) is 0 Å². The van der Waals surface area contributed by atoms with Crippen LogP contribution in [0.5, 0.6) is 0 Å². The van der Waals surface area contributed by atoms with E-state index in [9.17, 15) is 4.79 Å². The Morgan fingerprint density at radius 2 is 2.05 bits per heavy atom. The molecule has 1 fully saturated rings. The molecule has 2 atom stereocenters. The van der Waals surface area contributed by atoms with Gasteiger partial charge in [-0.1, -0.05) is 33.6 Å². The lowest BCUT2D eigenvalue weighted by Crippen LogP contribution is -2.54. The van der Waals surface area contributed by atoms with Crippen molar-refractivity contribution in [2.45, 2.75) is 64.8 Å². The van der Waals surface area contributed by atoms with E-state index < -0.39 is 5.54 Å². The van der Waals surface area contributed by atoms with Crippen molar-refractivity contribution in [2.24, 2.45) is 11.7 Å². The molecule has 0 aliphatic heterocycles. The maximum absolute atomic E-state index is 12.4. The molecule has 2 rings (SSSR count). The van der Waals surface area contributed by atoms with Crippen molar-refractivity contribution in [1.82, 2.24) is 15.2 Å². The summed E-state index contributed by atoms with van der Waals surface area (Å²) >= 11 is 0. The number of aromatic nitrogens is 3. The average molecular weight is 291 g/mol. The Morgan fingerprint density at radius 1 is 1.33 bits per heavy atom. The van der Waals surface area contributed by atoms with E-state index in [1.807, 2.05) is 13.8 Å². The minimum absolute atomic E-state index is 0.192. The van der Waals surface area contributed by atoms with Crippen LogP contribution in [0.2, 0.25) is 0 Å². The van der Waals surface area contributed by atoms with E-state index >= 15 is 0 Å². The van der Waals surface area contributed by atoms with Gasteiger partial charge in [-0.25, -0.2) is 4.98 Å². The lowest BCUT2D eigenvalue weighted by Gasteiger charge is -2.34. The molecule has 0 radical (unpaired) electrons. The fourth-order valence-corrected chi connectivity index (χ4v) is 3.02. The first-order chi connectivity index (χ1) is 9.98. The van der Waals surface area contributed by atoms with Crippen molar-refractivity contribution in [3.8, 4) is 0 Å². The van der Waals surface area contributed by atoms with E-state index in [4.69, 9.17) is 5.73 Å². The fraction of sp³-hybridized carbons (Fsp3) is 0.733. The van der Waals surface area contributed by atoms with Gasteiger partial charge in [-0.05, 0) is 31.6 Å². The zero-order chi connectivity index (χ0) is 15.5. The molecular weight excluding hydrogens is 266 g/mol. The van der Waals surface area contributed by atoms with Crippen LogP contribution in [0.3, 0.4) is 0 Å². The Morgan fingerprint density at radius 3 is 2.67 bits per heavy atom. The third-order valence-corrected chi connectivity index (χ3v) is 4.22. The highest BCUT2D eigenvalue weighted by molar-refractivity contribution is 5.96. The smallest absolute Gasteiger partial charge is 0.249 e. The van der Waals surface area contributed by atoms with Crippen LogP contribution >= 0.6 is 0 Å². The molecule has 1 aromatic heterocycles. The van der Waals surface area contributed by atoms with E-state index in [2.05, 4.69) is 27.4 Å². The van der Waals surface area contributed by atoms with Crippen LogP contribution in [-0.2, 0) is 17.6 Å². The number of amides is 1. The highest BCUT2D eigenvalue weighted by Crippen LogP contribution is 2.31. The number of nitrogens with one attached hydrogen (secondary N) is 1. The number of nitrogens with two attached hydrogens (primary N) is 1. The quantitative estimate of drug-likeness (QED) is 0.882. The van der Waals surface area contributed by atoms with Crippen LogP contribution < -0.4 is 11.1 Å². The summed E-state index contributed by atoms with van der Waals surface area (Å²) < 4.78 is 0. The second-order valence-electron chi connectivity index (χ2n) is 6.05. The molecule has 3 N–H and O–H groups in total. The monoisotopic (exact) mass is 291 g/mol. The number of rotatable bonds is 4. The van der Waals surface area contributed by atoms with Crippen molar-refractivity contribution in [2.75, 3.05) is 5.32 Å². The van der Waals surface area contributed by atoms with Crippen molar-refractivity contribution >= 4 is 11.9 Å². The summed E-state index contributed by atoms with van der Waals surface area (Å²) in [7, 11) is 0. The van der Waals surface area contributed by atoms with Gasteiger partial charge in [-0.15, -0.1) is 10.2 Å². The lowest BCUT2D eigenvalue weighted by atomic mass is 9.76. The van der Waals surface area contributed by atoms with Crippen LogP contribution in [0, 0.1) is 5.92 Å². The average Bonchev–Trinajstić information content (AvgIpc) is 2.46. The molecule has 0 bridgehead atoms.